The number of amides is 3. The maximum Gasteiger partial charge on any atom is 0.289 e. The van der Waals surface area contributed by atoms with Crippen LogP contribution >= 0.6 is 35.0 Å². The second kappa shape index (κ2) is 7.33. The van der Waals surface area contributed by atoms with Crippen molar-refractivity contribution in [1.29, 1.82) is 0 Å². The number of hydrogen-bond acceptors (Lipinski definition) is 4. The molecule has 1 aromatic carbocycles. The Morgan fingerprint density at radius 1 is 1.25 bits per heavy atom. The van der Waals surface area contributed by atoms with Crippen molar-refractivity contribution in [2.24, 2.45) is 0 Å². The lowest BCUT2D eigenvalue weighted by molar-refractivity contribution is -0.131. The molecule has 5 nitrogen and oxygen atoms in total. The quantitative estimate of drug-likeness (QED) is 0.796. The Morgan fingerprint density at radius 3 is 2.58 bits per heavy atom. The van der Waals surface area contributed by atoms with Gasteiger partial charge in [-0.2, -0.15) is 0 Å². The van der Waals surface area contributed by atoms with Crippen molar-refractivity contribution >= 4 is 52.0 Å². The highest BCUT2D eigenvalue weighted by Gasteiger charge is 2.40. The first-order chi connectivity index (χ1) is 11.5. The van der Waals surface area contributed by atoms with E-state index in [-0.39, 0.29) is 28.8 Å². The van der Waals surface area contributed by atoms with Crippen molar-refractivity contribution < 1.29 is 14.4 Å². The lowest BCUT2D eigenvalue weighted by Crippen LogP contribution is -2.41. The molecule has 3 amide bonds. The number of hydrogen-bond donors (Lipinski definition) is 0. The van der Waals surface area contributed by atoms with E-state index in [1.807, 2.05) is 0 Å². The number of rotatable bonds is 4. The smallest absolute Gasteiger partial charge is 0.289 e. The molecule has 128 valence electrons. The minimum atomic E-state index is -0.206. The van der Waals surface area contributed by atoms with Gasteiger partial charge in [0.05, 0.1) is 11.8 Å². The first-order valence-electron chi connectivity index (χ1n) is 7.67. The molecule has 0 bridgehead atoms. The van der Waals surface area contributed by atoms with E-state index >= 15 is 0 Å². The van der Waals surface area contributed by atoms with E-state index in [9.17, 15) is 14.4 Å². The van der Waals surface area contributed by atoms with E-state index in [2.05, 4.69) is 0 Å². The number of carbonyl (C=O) groups is 3. The van der Waals surface area contributed by atoms with Crippen LogP contribution in [-0.2, 0) is 16.0 Å². The summed E-state index contributed by atoms with van der Waals surface area (Å²) < 4.78 is 0. The largest absolute Gasteiger partial charge is 0.341 e. The number of carbonyl (C=O) groups excluding carboxylic acids is 3. The van der Waals surface area contributed by atoms with Crippen molar-refractivity contribution in [2.75, 3.05) is 18.8 Å². The molecule has 0 saturated carbocycles. The summed E-state index contributed by atoms with van der Waals surface area (Å²) in [6.45, 7) is 0.967. The first-order valence-corrected chi connectivity index (χ1v) is 9.41. The summed E-state index contributed by atoms with van der Waals surface area (Å²) >= 11 is 13.3. The second-order valence-electron chi connectivity index (χ2n) is 5.80. The van der Waals surface area contributed by atoms with Crippen molar-refractivity contribution in [3.63, 3.8) is 0 Å². The average molecular weight is 387 g/mol. The van der Waals surface area contributed by atoms with Crippen molar-refractivity contribution in [3.8, 4) is 0 Å². The van der Waals surface area contributed by atoms with Crippen LogP contribution in [0.1, 0.15) is 18.4 Å². The molecule has 2 aliphatic heterocycles. The van der Waals surface area contributed by atoms with Gasteiger partial charge in [-0.25, -0.2) is 0 Å². The van der Waals surface area contributed by atoms with E-state index in [0.29, 0.717) is 42.4 Å². The Balaban J connectivity index is 1.57. The molecule has 1 atom stereocenters. The van der Waals surface area contributed by atoms with Gasteiger partial charge < -0.3 is 4.90 Å². The van der Waals surface area contributed by atoms with Gasteiger partial charge >= 0.3 is 0 Å². The molecule has 0 aliphatic carbocycles. The van der Waals surface area contributed by atoms with Gasteiger partial charge in [0.2, 0.25) is 11.8 Å². The number of likely N-dealkylation sites (tertiary alicyclic amines) is 1. The van der Waals surface area contributed by atoms with Crippen LogP contribution in [0.5, 0.6) is 0 Å². The van der Waals surface area contributed by atoms with E-state index in [1.165, 1.54) is 4.90 Å². The average Bonchev–Trinajstić information content (AvgIpc) is 3.13. The minimum Gasteiger partial charge on any atom is -0.341 e. The summed E-state index contributed by atoms with van der Waals surface area (Å²) in [5.41, 5.74) is 0.770. The van der Waals surface area contributed by atoms with E-state index in [1.54, 1.807) is 23.1 Å². The Kier molecular flexibility index (Phi) is 5.37. The molecule has 2 saturated heterocycles. The number of imide groups is 1. The van der Waals surface area contributed by atoms with Gasteiger partial charge in [0.15, 0.2) is 0 Å². The molecule has 0 aromatic heterocycles. The van der Waals surface area contributed by atoms with Crippen LogP contribution in [-0.4, -0.2) is 51.7 Å². The van der Waals surface area contributed by atoms with Crippen LogP contribution in [0.4, 0.5) is 4.79 Å². The molecular weight excluding hydrogens is 371 g/mol. The molecule has 8 heteroatoms. The summed E-state index contributed by atoms with van der Waals surface area (Å²) in [7, 11) is 0. The molecule has 0 radical (unpaired) electrons. The van der Waals surface area contributed by atoms with E-state index in [4.69, 9.17) is 23.2 Å². The number of halogens is 2. The Bertz CT molecular complexity index is 662. The van der Waals surface area contributed by atoms with Gasteiger partial charge in [-0.15, -0.1) is 0 Å². The highest BCUT2D eigenvalue weighted by Crippen LogP contribution is 2.28. The van der Waals surface area contributed by atoms with E-state index < -0.39 is 0 Å². The highest BCUT2D eigenvalue weighted by atomic mass is 35.5. The summed E-state index contributed by atoms with van der Waals surface area (Å²) in [5.74, 6) is 0.0289. The van der Waals surface area contributed by atoms with Crippen molar-refractivity contribution in [3.05, 3.63) is 33.8 Å². The monoisotopic (exact) mass is 386 g/mol. The van der Waals surface area contributed by atoms with Gasteiger partial charge in [-0.3, -0.25) is 19.3 Å². The molecule has 0 N–H and O–H groups in total. The van der Waals surface area contributed by atoms with Crippen LogP contribution < -0.4 is 0 Å². The fourth-order valence-electron chi connectivity index (χ4n) is 3.06. The van der Waals surface area contributed by atoms with Crippen molar-refractivity contribution in [2.45, 2.75) is 25.3 Å². The summed E-state index contributed by atoms with van der Waals surface area (Å²) in [5, 5.41) is 0.905. The van der Waals surface area contributed by atoms with Gasteiger partial charge in [0.25, 0.3) is 5.24 Å². The number of benzene rings is 1. The van der Waals surface area contributed by atoms with E-state index in [0.717, 1.165) is 17.3 Å². The topological polar surface area (TPSA) is 57.7 Å². The van der Waals surface area contributed by atoms with Crippen LogP contribution in [0.25, 0.3) is 0 Å². The molecule has 1 aromatic rings. The lowest BCUT2D eigenvalue weighted by atomic mass is 10.1. The standard InChI is InChI=1S/C16H16Cl2N2O3S/c17-12-2-1-3-13(18)11(12)4-5-14(21)19-7-6-10(8-19)20-15(22)9-24-16(20)23/h1-3,10H,4-9H2/t10-/m1/s1. The van der Waals surface area contributed by atoms with Gasteiger partial charge in [-0.1, -0.05) is 41.0 Å². The lowest BCUT2D eigenvalue weighted by Gasteiger charge is -2.22. The fourth-order valence-corrected chi connectivity index (χ4v) is 4.42. The second-order valence-corrected chi connectivity index (χ2v) is 7.54. The molecule has 2 fully saturated rings. The Hall–Kier alpha value is -1.24. The van der Waals surface area contributed by atoms with Crippen LogP contribution in [0.3, 0.4) is 0 Å². The summed E-state index contributed by atoms with van der Waals surface area (Å²) in [6.07, 6.45) is 1.40. The zero-order valence-corrected chi connectivity index (χ0v) is 15.2. The number of thioether (sulfide) groups is 1. The number of nitrogens with zero attached hydrogens (tertiary/aromatic N) is 2. The Morgan fingerprint density at radius 2 is 1.96 bits per heavy atom. The molecule has 2 aliphatic rings. The van der Waals surface area contributed by atoms with Crippen molar-refractivity contribution in [1.82, 2.24) is 9.80 Å². The van der Waals surface area contributed by atoms with Gasteiger partial charge in [0.1, 0.15) is 0 Å². The highest BCUT2D eigenvalue weighted by molar-refractivity contribution is 8.14. The Labute approximate surface area is 154 Å². The summed E-state index contributed by atoms with van der Waals surface area (Å²) in [4.78, 5) is 39.0. The summed E-state index contributed by atoms with van der Waals surface area (Å²) in [6, 6.07) is 5.07. The maximum atomic E-state index is 12.4. The third-order valence-corrected chi connectivity index (χ3v) is 5.86. The zero-order chi connectivity index (χ0) is 17.3. The van der Waals surface area contributed by atoms with Crippen LogP contribution in [0.2, 0.25) is 10.0 Å². The molecule has 24 heavy (non-hydrogen) atoms. The minimum absolute atomic E-state index is 0.0137. The molecular formula is C16H16Cl2N2O3S. The van der Waals surface area contributed by atoms with Crippen LogP contribution in [0.15, 0.2) is 18.2 Å². The normalized spacial score (nSPS) is 21.0. The van der Waals surface area contributed by atoms with Crippen LogP contribution in [0, 0.1) is 0 Å². The SMILES string of the molecule is O=C(CCc1c(Cl)cccc1Cl)N1CC[C@@H](N2C(=O)CSC2=O)C1. The molecule has 0 unspecified atom stereocenters. The predicted octanol–water partition coefficient (Wildman–Crippen LogP) is 3.22. The molecule has 0 spiro atoms. The first kappa shape index (κ1) is 17.6. The van der Waals surface area contributed by atoms with Gasteiger partial charge in [-0.05, 0) is 30.5 Å². The molecule has 3 rings (SSSR count). The molecule has 2 heterocycles. The van der Waals surface area contributed by atoms with Gasteiger partial charge in [0, 0.05) is 29.6 Å². The fraction of sp³-hybridized carbons (Fsp3) is 0.438. The third-order valence-electron chi connectivity index (χ3n) is 4.32. The zero-order valence-electron chi connectivity index (χ0n) is 12.8. The predicted molar refractivity (Wildman–Crippen MR) is 94.5 cm³/mol. The third kappa shape index (κ3) is 3.55. The maximum absolute atomic E-state index is 12.4.